The van der Waals surface area contributed by atoms with Gasteiger partial charge in [-0.1, -0.05) is 23.2 Å². The molecule has 1 amide bonds. The number of halogens is 2. The third kappa shape index (κ3) is 3.69. The number of nitrogens with one attached hydrogen (secondary N) is 1. The molecule has 0 bridgehead atoms. The molecule has 1 fully saturated rings. The number of carbonyl (C=O) groups excluding carboxylic acids is 1. The summed E-state index contributed by atoms with van der Waals surface area (Å²) >= 11 is 13.6. The SMILES string of the molecule is CNC1CCCN(C(=O)c2csc(-c3ccc(Cl)cc3Cl)n2)C1. The zero-order valence-corrected chi connectivity index (χ0v) is 15.0. The Morgan fingerprint density at radius 3 is 3.00 bits per heavy atom. The molecule has 1 unspecified atom stereocenters. The van der Waals surface area contributed by atoms with Gasteiger partial charge in [0.1, 0.15) is 10.7 Å². The van der Waals surface area contributed by atoms with Crippen LogP contribution in [0.3, 0.4) is 0 Å². The third-order valence-electron chi connectivity index (χ3n) is 4.00. The standard InChI is InChI=1S/C16H17Cl2N3OS/c1-19-11-3-2-6-21(8-11)16(22)14-9-23-15(20-14)12-5-4-10(17)7-13(12)18/h4-5,7,9,11,19H,2-3,6,8H2,1H3. The maximum absolute atomic E-state index is 12.6. The number of hydrogen-bond acceptors (Lipinski definition) is 4. The van der Waals surface area contributed by atoms with Gasteiger partial charge in [0.25, 0.3) is 5.91 Å². The van der Waals surface area contributed by atoms with Crippen LogP contribution in [0.5, 0.6) is 0 Å². The number of benzene rings is 1. The van der Waals surface area contributed by atoms with Crippen molar-refractivity contribution in [2.75, 3.05) is 20.1 Å². The number of nitrogens with zero attached hydrogens (tertiary/aromatic N) is 2. The van der Waals surface area contributed by atoms with E-state index in [4.69, 9.17) is 23.2 Å². The molecule has 23 heavy (non-hydrogen) atoms. The van der Waals surface area contributed by atoms with E-state index >= 15 is 0 Å². The first-order chi connectivity index (χ1) is 11.1. The minimum atomic E-state index is -0.0162. The Kier molecular flexibility index (Phi) is 5.21. The first kappa shape index (κ1) is 16.7. The van der Waals surface area contributed by atoms with Gasteiger partial charge in [-0.15, -0.1) is 11.3 Å². The number of thiazole rings is 1. The second kappa shape index (κ2) is 7.18. The predicted octanol–water partition coefficient (Wildman–Crippen LogP) is 3.94. The van der Waals surface area contributed by atoms with E-state index in [0.29, 0.717) is 21.8 Å². The minimum absolute atomic E-state index is 0.0162. The molecular formula is C16H17Cl2N3OS. The Morgan fingerprint density at radius 1 is 1.43 bits per heavy atom. The van der Waals surface area contributed by atoms with E-state index < -0.39 is 0 Å². The van der Waals surface area contributed by atoms with Crippen molar-refractivity contribution in [1.82, 2.24) is 15.2 Å². The monoisotopic (exact) mass is 369 g/mol. The quantitative estimate of drug-likeness (QED) is 0.890. The normalized spacial score (nSPS) is 18.2. The highest BCUT2D eigenvalue weighted by Crippen LogP contribution is 2.32. The molecule has 1 aliphatic heterocycles. The highest BCUT2D eigenvalue weighted by Gasteiger charge is 2.25. The van der Waals surface area contributed by atoms with E-state index in [1.807, 2.05) is 18.0 Å². The summed E-state index contributed by atoms with van der Waals surface area (Å²) in [6.07, 6.45) is 2.11. The van der Waals surface area contributed by atoms with Crippen molar-refractivity contribution in [3.05, 3.63) is 39.3 Å². The maximum Gasteiger partial charge on any atom is 0.273 e. The predicted molar refractivity (Wildman–Crippen MR) is 95.6 cm³/mol. The van der Waals surface area contributed by atoms with Crippen LogP contribution in [0.15, 0.2) is 23.6 Å². The summed E-state index contributed by atoms with van der Waals surface area (Å²) in [6.45, 7) is 1.51. The lowest BCUT2D eigenvalue weighted by atomic mass is 10.1. The Hall–Kier alpha value is -1.14. The fourth-order valence-corrected chi connectivity index (χ4v) is 4.10. The van der Waals surface area contributed by atoms with Gasteiger partial charge < -0.3 is 10.2 Å². The van der Waals surface area contributed by atoms with Crippen LogP contribution >= 0.6 is 34.5 Å². The molecule has 2 heterocycles. The molecule has 1 aromatic carbocycles. The Morgan fingerprint density at radius 2 is 2.26 bits per heavy atom. The number of piperidine rings is 1. The highest BCUT2D eigenvalue weighted by molar-refractivity contribution is 7.13. The van der Waals surface area contributed by atoms with E-state index in [0.717, 1.165) is 36.5 Å². The Bertz CT molecular complexity index is 719. The van der Waals surface area contributed by atoms with Crippen molar-refractivity contribution in [1.29, 1.82) is 0 Å². The van der Waals surface area contributed by atoms with Crippen molar-refractivity contribution >= 4 is 40.4 Å². The second-order valence-corrected chi connectivity index (χ2v) is 7.24. The molecule has 7 heteroatoms. The van der Waals surface area contributed by atoms with E-state index in [9.17, 15) is 4.79 Å². The fraction of sp³-hybridized carbons (Fsp3) is 0.375. The van der Waals surface area contributed by atoms with Gasteiger partial charge in [0.15, 0.2) is 0 Å². The molecule has 1 N–H and O–H groups in total. The summed E-state index contributed by atoms with van der Waals surface area (Å²) < 4.78 is 0. The number of amides is 1. The molecule has 0 aliphatic carbocycles. The average molecular weight is 370 g/mol. The van der Waals surface area contributed by atoms with Crippen LogP contribution in [0.1, 0.15) is 23.3 Å². The molecule has 1 aromatic heterocycles. The zero-order valence-electron chi connectivity index (χ0n) is 12.7. The van der Waals surface area contributed by atoms with E-state index in [1.165, 1.54) is 11.3 Å². The molecule has 0 spiro atoms. The molecule has 0 radical (unpaired) electrons. The van der Waals surface area contributed by atoms with Gasteiger partial charge in [0, 0.05) is 35.1 Å². The lowest BCUT2D eigenvalue weighted by Gasteiger charge is -2.32. The molecule has 1 atom stereocenters. The van der Waals surface area contributed by atoms with E-state index in [-0.39, 0.29) is 5.91 Å². The van der Waals surface area contributed by atoms with Gasteiger partial charge in [-0.3, -0.25) is 4.79 Å². The Balaban J connectivity index is 1.80. The smallest absolute Gasteiger partial charge is 0.273 e. The van der Waals surface area contributed by atoms with Crippen LogP contribution in [0.4, 0.5) is 0 Å². The van der Waals surface area contributed by atoms with Gasteiger partial charge in [0.2, 0.25) is 0 Å². The van der Waals surface area contributed by atoms with Crippen molar-refractivity contribution in [2.45, 2.75) is 18.9 Å². The summed E-state index contributed by atoms with van der Waals surface area (Å²) in [7, 11) is 1.93. The largest absolute Gasteiger partial charge is 0.336 e. The van der Waals surface area contributed by atoms with Crippen LogP contribution < -0.4 is 5.32 Å². The third-order valence-corrected chi connectivity index (χ3v) is 5.43. The number of rotatable bonds is 3. The summed E-state index contributed by atoms with van der Waals surface area (Å²) in [6, 6.07) is 5.64. The molecule has 3 rings (SSSR count). The molecule has 1 aliphatic rings. The number of carbonyl (C=O) groups is 1. The molecule has 1 saturated heterocycles. The molecule has 122 valence electrons. The summed E-state index contributed by atoms with van der Waals surface area (Å²) in [5.41, 5.74) is 1.28. The number of hydrogen-bond donors (Lipinski definition) is 1. The molecule has 0 saturated carbocycles. The van der Waals surface area contributed by atoms with Crippen molar-refractivity contribution < 1.29 is 4.79 Å². The van der Waals surface area contributed by atoms with Crippen molar-refractivity contribution in [3.63, 3.8) is 0 Å². The van der Waals surface area contributed by atoms with Crippen LogP contribution in [-0.4, -0.2) is 42.0 Å². The fourth-order valence-electron chi connectivity index (χ4n) is 2.72. The molecule has 4 nitrogen and oxygen atoms in total. The lowest BCUT2D eigenvalue weighted by molar-refractivity contribution is 0.0693. The molecule has 2 aromatic rings. The number of likely N-dealkylation sites (tertiary alicyclic amines) is 1. The van der Waals surface area contributed by atoms with Crippen molar-refractivity contribution in [2.24, 2.45) is 0 Å². The number of likely N-dealkylation sites (N-methyl/N-ethyl adjacent to an activating group) is 1. The topological polar surface area (TPSA) is 45.2 Å². The first-order valence-electron chi connectivity index (χ1n) is 7.46. The number of aromatic nitrogens is 1. The van der Waals surface area contributed by atoms with Crippen LogP contribution in [-0.2, 0) is 0 Å². The summed E-state index contributed by atoms with van der Waals surface area (Å²) in [5, 5.41) is 6.90. The lowest BCUT2D eigenvalue weighted by Crippen LogP contribution is -2.47. The second-order valence-electron chi connectivity index (χ2n) is 5.54. The average Bonchev–Trinajstić information content (AvgIpc) is 3.04. The minimum Gasteiger partial charge on any atom is -0.336 e. The van der Waals surface area contributed by atoms with E-state index in [2.05, 4.69) is 10.3 Å². The zero-order chi connectivity index (χ0) is 16.4. The van der Waals surface area contributed by atoms with Gasteiger partial charge in [-0.25, -0.2) is 4.98 Å². The van der Waals surface area contributed by atoms with E-state index in [1.54, 1.807) is 17.5 Å². The van der Waals surface area contributed by atoms with Crippen LogP contribution in [0.25, 0.3) is 10.6 Å². The van der Waals surface area contributed by atoms with Crippen LogP contribution in [0, 0.1) is 0 Å². The van der Waals surface area contributed by atoms with Gasteiger partial charge in [-0.2, -0.15) is 0 Å². The van der Waals surface area contributed by atoms with Gasteiger partial charge in [-0.05, 0) is 38.1 Å². The van der Waals surface area contributed by atoms with Gasteiger partial charge >= 0.3 is 0 Å². The van der Waals surface area contributed by atoms with Crippen molar-refractivity contribution in [3.8, 4) is 10.6 Å². The van der Waals surface area contributed by atoms with Crippen LogP contribution in [0.2, 0.25) is 10.0 Å². The summed E-state index contributed by atoms with van der Waals surface area (Å²) in [5.74, 6) is -0.0162. The summed E-state index contributed by atoms with van der Waals surface area (Å²) in [4.78, 5) is 19.0. The maximum atomic E-state index is 12.6. The first-order valence-corrected chi connectivity index (χ1v) is 9.09. The van der Waals surface area contributed by atoms with Gasteiger partial charge in [0.05, 0.1) is 5.02 Å². The molecular weight excluding hydrogens is 353 g/mol. The Labute approximate surface area is 149 Å². The highest BCUT2D eigenvalue weighted by atomic mass is 35.5.